The highest BCUT2D eigenvalue weighted by molar-refractivity contribution is 5.91. The highest BCUT2D eigenvalue weighted by Gasteiger charge is 2.26. The number of carbonyl (C=O) groups is 1. The molecule has 0 spiro atoms. The molecule has 0 unspecified atom stereocenters. The van der Waals surface area contributed by atoms with Crippen LogP contribution in [0.15, 0.2) is 81.1 Å². The number of rotatable bonds is 5. The lowest BCUT2D eigenvalue weighted by molar-refractivity contribution is 0.0940. The van der Waals surface area contributed by atoms with Crippen LogP contribution in [0.5, 0.6) is 0 Å². The molecule has 1 aliphatic rings. The van der Waals surface area contributed by atoms with E-state index >= 15 is 0 Å². The number of nitrogens with one attached hydrogen (secondary N) is 2. The SMILES string of the molecule is Cc1c(N2CCc3ccc(CNC(=O)c4nc(-c5ccc6ccccc6c5)cc(=O)[nH]4)cc3C2)c(=O)c1=O. The third-order valence-electron chi connectivity index (χ3n) is 7.17. The maximum Gasteiger partial charge on any atom is 0.287 e. The molecule has 0 saturated heterocycles. The third kappa shape index (κ3) is 4.20. The number of anilines is 1. The average molecular weight is 505 g/mol. The molecule has 2 heterocycles. The van der Waals surface area contributed by atoms with Crippen LogP contribution in [0.25, 0.3) is 22.0 Å². The molecule has 6 rings (SSSR count). The fourth-order valence-electron chi connectivity index (χ4n) is 5.11. The lowest BCUT2D eigenvalue weighted by atomic mass is 9.95. The predicted molar refractivity (Wildman–Crippen MR) is 146 cm³/mol. The Kier molecular flexibility index (Phi) is 5.72. The zero-order valence-corrected chi connectivity index (χ0v) is 20.7. The van der Waals surface area contributed by atoms with Crippen LogP contribution >= 0.6 is 0 Å². The fourth-order valence-corrected chi connectivity index (χ4v) is 5.11. The number of nitrogens with zero attached hydrogens (tertiary/aromatic N) is 2. The number of aromatic amines is 1. The van der Waals surface area contributed by atoms with Gasteiger partial charge in [-0.05, 0) is 46.9 Å². The minimum Gasteiger partial charge on any atom is -0.363 e. The summed E-state index contributed by atoms with van der Waals surface area (Å²) in [6, 6.07) is 21.1. The van der Waals surface area contributed by atoms with Crippen LogP contribution in [0.4, 0.5) is 5.69 Å². The molecule has 4 aromatic carbocycles. The maximum absolute atomic E-state index is 12.9. The van der Waals surface area contributed by atoms with Gasteiger partial charge in [0, 0.05) is 36.8 Å². The molecule has 1 aromatic heterocycles. The van der Waals surface area contributed by atoms with Crippen molar-refractivity contribution in [2.24, 2.45) is 0 Å². The van der Waals surface area contributed by atoms with E-state index in [0.717, 1.165) is 33.9 Å². The van der Waals surface area contributed by atoms with Crippen molar-refractivity contribution in [3.8, 4) is 11.3 Å². The average Bonchev–Trinajstić information content (AvgIpc) is 2.95. The Labute approximate surface area is 217 Å². The first-order valence-corrected chi connectivity index (χ1v) is 12.4. The first-order chi connectivity index (χ1) is 18.4. The van der Waals surface area contributed by atoms with Crippen LogP contribution in [-0.4, -0.2) is 22.4 Å². The van der Waals surface area contributed by atoms with Crippen molar-refractivity contribution in [2.45, 2.75) is 26.4 Å². The number of hydrogen-bond donors (Lipinski definition) is 2. The number of hydrogen-bond acceptors (Lipinski definition) is 6. The summed E-state index contributed by atoms with van der Waals surface area (Å²) in [5.41, 5.74) is 4.11. The largest absolute Gasteiger partial charge is 0.363 e. The summed E-state index contributed by atoms with van der Waals surface area (Å²) >= 11 is 0. The van der Waals surface area contributed by atoms with E-state index in [-0.39, 0.29) is 12.4 Å². The van der Waals surface area contributed by atoms with Gasteiger partial charge in [0.2, 0.25) is 10.9 Å². The Morgan fingerprint density at radius 1 is 0.947 bits per heavy atom. The van der Waals surface area contributed by atoms with Gasteiger partial charge in [-0.25, -0.2) is 4.98 Å². The Morgan fingerprint density at radius 3 is 2.58 bits per heavy atom. The van der Waals surface area contributed by atoms with E-state index in [2.05, 4.69) is 15.3 Å². The number of amides is 1. The standard InChI is InChI=1S/C30H24N4O4/c1-17-26(28(37)27(17)36)34-11-10-20-7-6-18(12-23(20)16-34)15-31-30(38)29-32-24(14-25(35)33-29)22-9-8-19-4-2-3-5-21(19)13-22/h2-9,12-14H,10-11,15-16H2,1H3,(H,31,38)(H,32,33,35). The lowest BCUT2D eigenvalue weighted by Gasteiger charge is -2.32. The van der Waals surface area contributed by atoms with Crippen molar-refractivity contribution in [2.75, 3.05) is 11.4 Å². The van der Waals surface area contributed by atoms with Gasteiger partial charge in [-0.15, -0.1) is 0 Å². The van der Waals surface area contributed by atoms with Crippen LogP contribution < -0.4 is 26.6 Å². The van der Waals surface area contributed by atoms with Gasteiger partial charge in [0.1, 0.15) is 0 Å². The molecule has 0 bridgehead atoms. The van der Waals surface area contributed by atoms with E-state index in [1.807, 2.05) is 65.6 Å². The molecule has 5 aromatic rings. The molecule has 188 valence electrons. The topological polar surface area (TPSA) is 112 Å². The summed E-state index contributed by atoms with van der Waals surface area (Å²) in [6.07, 6.45) is 0.771. The van der Waals surface area contributed by atoms with E-state index in [4.69, 9.17) is 0 Å². The van der Waals surface area contributed by atoms with E-state index in [1.165, 1.54) is 11.6 Å². The zero-order valence-electron chi connectivity index (χ0n) is 20.7. The van der Waals surface area contributed by atoms with Gasteiger partial charge in [0.05, 0.1) is 11.4 Å². The van der Waals surface area contributed by atoms with Crippen molar-refractivity contribution in [1.82, 2.24) is 15.3 Å². The number of carbonyl (C=O) groups excluding carboxylic acids is 1. The summed E-state index contributed by atoms with van der Waals surface area (Å²) in [5.74, 6) is -0.538. The minimum absolute atomic E-state index is 0.0552. The van der Waals surface area contributed by atoms with Gasteiger partial charge < -0.3 is 15.2 Å². The number of fused-ring (bicyclic) bond motifs is 2. The predicted octanol–water partition coefficient (Wildman–Crippen LogP) is 2.99. The van der Waals surface area contributed by atoms with Gasteiger partial charge in [-0.1, -0.05) is 54.6 Å². The van der Waals surface area contributed by atoms with E-state index in [9.17, 15) is 19.2 Å². The zero-order chi connectivity index (χ0) is 26.4. The summed E-state index contributed by atoms with van der Waals surface area (Å²) in [6.45, 7) is 3.15. The summed E-state index contributed by atoms with van der Waals surface area (Å²) in [7, 11) is 0. The molecule has 8 nitrogen and oxygen atoms in total. The number of H-pyrrole nitrogens is 1. The molecule has 1 amide bonds. The first-order valence-electron chi connectivity index (χ1n) is 12.4. The first kappa shape index (κ1) is 23.5. The monoisotopic (exact) mass is 504 g/mol. The number of benzene rings is 3. The Balaban J connectivity index is 1.18. The Bertz CT molecular complexity index is 1860. The molecule has 0 atom stereocenters. The smallest absolute Gasteiger partial charge is 0.287 e. The Hall–Kier alpha value is -4.85. The summed E-state index contributed by atoms with van der Waals surface area (Å²) in [5, 5.41) is 4.93. The summed E-state index contributed by atoms with van der Waals surface area (Å²) < 4.78 is 0. The van der Waals surface area contributed by atoms with Crippen LogP contribution in [-0.2, 0) is 19.5 Å². The van der Waals surface area contributed by atoms with E-state index < -0.39 is 22.3 Å². The molecule has 1 aliphatic heterocycles. The van der Waals surface area contributed by atoms with Crippen molar-refractivity contribution in [3.05, 3.63) is 126 Å². The van der Waals surface area contributed by atoms with E-state index in [0.29, 0.717) is 30.0 Å². The molecule has 0 saturated carbocycles. The van der Waals surface area contributed by atoms with Crippen molar-refractivity contribution in [1.29, 1.82) is 0 Å². The second-order valence-corrected chi connectivity index (χ2v) is 9.63. The van der Waals surface area contributed by atoms with Gasteiger partial charge in [-0.3, -0.25) is 19.2 Å². The normalized spacial score (nSPS) is 13.0. The second kappa shape index (κ2) is 9.23. The molecule has 38 heavy (non-hydrogen) atoms. The molecular weight excluding hydrogens is 480 g/mol. The summed E-state index contributed by atoms with van der Waals surface area (Å²) in [4.78, 5) is 57.9. The molecular formula is C30H24N4O4. The molecule has 0 fully saturated rings. The lowest BCUT2D eigenvalue weighted by Crippen LogP contribution is -2.44. The molecule has 2 N–H and O–H groups in total. The van der Waals surface area contributed by atoms with Crippen LogP contribution in [0, 0.1) is 6.92 Å². The van der Waals surface area contributed by atoms with Gasteiger partial charge in [0.15, 0.2) is 5.82 Å². The minimum atomic E-state index is -0.483. The highest BCUT2D eigenvalue weighted by atomic mass is 16.2. The fraction of sp³-hybridized carbons (Fsp3) is 0.167. The van der Waals surface area contributed by atoms with Gasteiger partial charge >= 0.3 is 0 Å². The van der Waals surface area contributed by atoms with Gasteiger partial charge in [0.25, 0.3) is 11.5 Å². The second-order valence-electron chi connectivity index (χ2n) is 9.63. The number of aromatic nitrogens is 2. The van der Waals surface area contributed by atoms with Gasteiger partial charge in [-0.2, -0.15) is 0 Å². The van der Waals surface area contributed by atoms with Crippen LogP contribution in [0.3, 0.4) is 0 Å². The Morgan fingerprint density at radius 2 is 1.76 bits per heavy atom. The third-order valence-corrected chi connectivity index (χ3v) is 7.17. The van der Waals surface area contributed by atoms with Crippen molar-refractivity contribution < 1.29 is 4.79 Å². The van der Waals surface area contributed by atoms with Crippen molar-refractivity contribution >= 4 is 22.4 Å². The maximum atomic E-state index is 12.9. The van der Waals surface area contributed by atoms with Crippen LogP contribution in [0.2, 0.25) is 0 Å². The van der Waals surface area contributed by atoms with E-state index in [1.54, 1.807) is 6.92 Å². The molecule has 0 radical (unpaired) electrons. The quantitative estimate of drug-likeness (QED) is 0.356. The van der Waals surface area contributed by atoms with Crippen molar-refractivity contribution in [3.63, 3.8) is 0 Å². The highest BCUT2D eigenvalue weighted by Crippen LogP contribution is 2.25. The molecule has 8 heteroatoms. The van der Waals surface area contributed by atoms with Crippen LogP contribution in [0.1, 0.15) is 32.9 Å². The molecule has 0 aliphatic carbocycles.